The molecule has 4 heteroatoms. The van der Waals surface area contributed by atoms with Crippen molar-refractivity contribution in [3.05, 3.63) is 35.9 Å². The van der Waals surface area contributed by atoms with Crippen LogP contribution in [0, 0.1) is 0 Å². The summed E-state index contributed by atoms with van der Waals surface area (Å²) in [4.78, 5) is 0. The molecule has 3 nitrogen and oxygen atoms in total. The highest BCUT2D eigenvalue weighted by Gasteiger charge is 2.15. The van der Waals surface area contributed by atoms with Crippen LogP contribution in [0.4, 0.5) is 0 Å². The van der Waals surface area contributed by atoms with Gasteiger partial charge in [-0.25, -0.2) is 0 Å². The van der Waals surface area contributed by atoms with Crippen molar-refractivity contribution in [2.24, 2.45) is 5.73 Å². The average Bonchev–Trinajstić information content (AvgIpc) is 2.62. The monoisotopic (exact) mass is 241 g/mol. The lowest BCUT2D eigenvalue weighted by molar-refractivity contribution is 0.174. The second-order valence-corrected chi connectivity index (χ2v) is 3.88. The van der Waals surface area contributed by atoms with E-state index in [4.69, 9.17) is 15.2 Å². The molecule has 0 radical (unpaired) electrons. The summed E-state index contributed by atoms with van der Waals surface area (Å²) in [7, 11) is 0. The first-order valence-corrected chi connectivity index (χ1v) is 4.96. The molecule has 0 bridgehead atoms. The molecule has 2 N–H and O–H groups in total. The van der Waals surface area contributed by atoms with Crippen LogP contribution in [0.2, 0.25) is 0 Å². The van der Waals surface area contributed by atoms with Gasteiger partial charge in [-0.1, -0.05) is 11.6 Å². The highest BCUT2D eigenvalue weighted by atomic mass is 35.5. The number of halogens is 1. The van der Waals surface area contributed by atoms with Crippen LogP contribution in [0.3, 0.4) is 0 Å². The molecular formula is C12H16ClNO2. The first-order valence-electron chi connectivity index (χ1n) is 4.96. The fraction of sp³-hybridized carbons (Fsp3) is 0.333. The molecule has 0 unspecified atom stereocenters. The van der Waals surface area contributed by atoms with Crippen LogP contribution in [0.5, 0.6) is 11.5 Å². The van der Waals surface area contributed by atoms with Crippen LogP contribution in [-0.2, 0) is 0 Å². The highest BCUT2D eigenvalue weighted by Crippen LogP contribution is 2.34. The minimum Gasteiger partial charge on any atom is -0.454 e. The third-order valence-corrected chi connectivity index (χ3v) is 2.39. The van der Waals surface area contributed by atoms with E-state index in [-0.39, 0.29) is 18.4 Å². The molecule has 1 aliphatic rings. The van der Waals surface area contributed by atoms with Gasteiger partial charge in [0.2, 0.25) is 6.79 Å². The molecule has 1 heterocycles. The van der Waals surface area contributed by atoms with E-state index >= 15 is 0 Å². The summed E-state index contributed by atoms with van der Waals surface area (Å²) >= 11 is 0. The molecule has 1 aromatic carbocycles. The number of benzene rings is 1. The zero-order chi connectivity index (χ0) is 10.8. The summed E-state index contributed by atoms with van der Waals surface area (Å²) in [5.41, 5.74) is 8.17. The van der Waals surface area contributed by atoms with Crippen LogP contribution in [-0.4, -0.2) is 6.79 Å². The summed E-state index contributed by atoms with van der Waals surface area (Å²) in [5.74, 6) is 1.57. The van der Waals surface area contributed by atoms with Crippen molar-refractivity contribution in [2.45, 2.75) is 19.4 Å². The maximum atomic E-state index is 6.03. The van der Waals surface area contributed by atoms with Crippen LogP contribution in [0.25, 0.3) is 0 Å². The zero-order valence-electron chi connectivity index (χ0n) is 9.23. The molecule has 1 atom stereocenters. The average molecular weight is 242 g/mol. The number of nitrogens with two attached hydrogens (primary N) is 1. The van der Waals surface area contributed by atoms with Crippen LogP contribution < -0.4 is 15.2 Å². The van der Waals surface area contributed by atoms with E-state index in [9.17, 15) is 0 Å². The molecule has 0 spiro atoms. The van der Waals surface area contributed by atoms with Crippen molar-refractivity contribution < 1.29 is 9.47 Å². The van der Waals surface area contributed by atoms with Crippen molar-refractivity contribution in [1.29, 1.82) is 0 Å². The predicted octanol–water partition coefficient (Wildman–Crippen LogP) is 2.80. The van der Waals surface area contributed by atoms with Gasteiger partial charge in [0.15, 0.2) is 11.5 Å². The second-order valence-electron chi connectivity index (χ2n) is 3.88. The Hall–Kier alpha value is -1.19. The smallest absolute Gasteiger partial charge is 0.231 e. The van der Waals surface area contributed by atoms with Gasteiger partial charge in [-0.2, -0.15) is 0 Å². The Bertz CT molecular complexity index is 393. The summed E-state index contributed by atoms with van der Waals surface area (Å²) in [6, 6.07) is 5.80. The van der Waals surface area contributed by atoms with Crippen molar-refractivity contribution in [2.75, 3.05) is 6.79 Å². The molecule has 1 aliphatic heterocycles. The lowest BCUT2D eigenvalue weighted by Gasteiger charge is -2.12. The molecule has 1 aromatic rings. The quantitative estimate of drug-likeness (QED) is 0.828. The molecule has 0 aromatic heterocycles. The summed E-state index contributed by atoms with van der Waals surface area (Å²) in [6.45, 7) is 6.14. The van der Waals surface area contributed by atoms with Crippen molar-refractivity contribution in [3.8, 4) is 11.5 Å². The van der Waals surface area contributed by atoms with Crippen molar-refractivity contribution in [3.63, 3.8) is 0 Å². The van der Waals surface area contributed by atoms with Gasteiger partial charge in [0.25, 0.3) is 0 Å². The van der Waals surface area contributed by atoms with Crippen LogP contribution in [0.15, 0.2) is 30.4 Å². The van der Waals surface area contributed by atoms with Gasteiger partial charge >= 0.3 is 0 Å². The fourth-order valence-corrected chi connectivity index (χ4v) is 1.64. The Kier molecular flexibility index (Phi) is 4.21. The molecule has 0 aliphatic carbocycles. The van der Waals surface area contributed by atoms with Crippen molar-refractivity contribution in [1.82, 2.24) is 0 Å². The van der Waals surface area contributed by atoms with E-state index in [0.29, 0.717) is 6.79 Å². The summed E-state index contributed by atoms with van der Waals surface area (Å²) in [6.07, 6.45) is 0.791. The number of ether oxygens (including phenoxy) is 2. The molecule has 2 rings (SSSR count). The first-order chi connectivity index (χ1) is 7.16. The molecule has 0 amide bonds. The third kappa shape index (κ3) is 2.68. The van der Waals surface area contributed by atoms with Gasteiger partial charge in [0.1, 0.15) is 0 Å². The van der Waals surface area contributed by atoms with Gasteiger partial charge in [-0.05, 0) is 31.0 Å². The number of rotatable bonds is 3. The molecule has 0 fully saturated rings. The molecule has 88 valence electrons. The van der Waals surface area contributed by atoms with Gasteiger partial charge in [0.05, 0.1) is 0 Å². The number of hydrogen-bond donors (Lipinski definition) is 1. The zero-order valence-corrected chi connectivity index (χ0v) is 10.0. The lowest BCUT2D eigenvalue weighted by atomic mass is 10.0. The largest absolute Gasteiger partial charge is 0.454 e. The second kappa shape index (κ2) is 5.23. The molecule has 0 saturated carbocycles. The van der Waals surface area contributed by atoms with Crippen LogP contribution >= 0.6 is 12.4 Å². The van der Waals surface area contributed by atoms with Gasteiger partial charge in [-0.3, -0.25) is 0 Å². The van der Waals surface area contributed by atoms with Gasteiger partial charge < -0.3 is 15.2 Å². The summed E-state index contributed by atoms with van der Waals surface area (Å²) < 4.78 is 10.5. The maximum absolute atomic E-state index is 6.03. The Morgan fingerprint density at radius 1 is 1.44 bits per heavy atom. The molecule has 16 heavy (non-hydrogen) atoms. The molecular weight excluding hydrogens is 226 g/mol. The topological polar surface area (TPSA) is 44.5 Å². The van der Waals surface area contributed by atoms with Crippen LogP contribution in [0.1, 0.15) is 24.9 Å². The van der Waals surface area contributed by atoms with E-state index < -0.39 is 0 Å². The minimum absolute atomic E-state index is 0. The fourth-order valence-electron chi connectivity index (χ4n) is 1.64. The Morgan fingerprint density at radius 3 is 2.81 bits per heavy atom. The highest BCUT2D eigenvalue weighted by molar-refractivity contribution is 5.85. The third-order valence-electron chi connectivity index (χ3n) is 2.39. The Morgan fingerprint density at radius 2 is 2.12 bits per heavy atom. The summed E-state index contributed by atoms with van der Waals surface area (Å²) in [5, 5.41) is 0. The van der Waals surface area contributed by atoms with Gasteiger partial charge in [0, 0.05) is 6.04 Å². The van der Waals surface area contributed by atoms with E-state index in [2.05, 4.69) is 6.58 Å². The lowest BCUT2D eigenvalue weighted by Crippen LogP contribution is -2.10. The van der Waals surface area contributed by atoms with E-state index in [1.54, 1.807) is 0 Å². The van der Waals surface area contributed by atoms with E-state index in [1.165, 1.54) is 0 Å². The van der Waals surface area contributed by atoms with E-state index in [0.717, 1.165) is 29.1 Å². The van der Waals surface area contributed by atoms with E-state index in [1.807, 2.05) is 25.1 Å². The SMILES string of the molecule is C=C(C)C[C@H](N)c1ccc2c(c1)OCO2.Cl. The number of fused-ring (bicyclic) bond motifs is 1. The Labute approximate surface area is 102 Å². The maximum Gasteiger partial charge on any atom is 0.231 e. The molecule has 0 saturated heterocycles. The Balaban J connectivity index is 0.00000128. The predicted molar refractivity (Wildman–Crippen MR) is 66.2 cm³/mol. The minimum atomic E-state index is -0.0167. The van der Waals surface area contributed by atoms with Gasteiger partial charge in [-0.15, -0.1) is 19.0 Å². The number of hydrogen-bond acceptors (Lipinski definition) is 3. The normalized spacial score (nSPS) is 14.1. The van der Waals surface area contributed by atoms with Crippen molar-refractivity contribution >= 4 is 12.4 Å². The standard InChI is InChI=1S/C12H15NO2.ClH/c1-8(2)5-10(13)9-3-4-11-12(6-9)15-7-14-11;/h3-4,6,10H,1,5,7,13H2,2H3;1H/t10-;/m0./s1. The first kappa shape index (κ1) is 12.9.